The largest absolute Gasteiger partial charge is 0.496 e. The predicted octanol–water partition coefficient (Wildman–Crippen LogP) is 1.44. The van der Waals surface area contributed by atoms with Crippen molar-refractivity contribution in [2.24, 2.45) is 0 Å². The zero-order valence-corrected chi connectivity index (χ0v) is 11.8. The number of ether oxygens (including phenoxy) is 1. The van der Waals surface area contributed by atoms with Crippen LogP contribution in [0.25, 0.3) is 0 Å². The van der Waals surface area contributed by atoms with Gasteiger partial charge >= 0.3 is 0 Å². The minimum Gasteiger partial charge on any atom is -0.496 e. The van der Waals surface area contributed by atoms with E-state index in [-0.39, 0.29) is 0 Å². The number of aryl methyl sites for hydroxylation is 2. The van der Waals surface area contributed by atoms with Crippen molar-refractivity contribution in [3.63, 3.8) is 0 Å². The van der Waals surface area contributed by atoms with Crippen LogP contribution in [0.5, 0.6) is 5.75 Å². The highest BCUT2D eigenvalue weighted by molar-refractivity contribution is 7.99. The molecule has 3 heteroatoms. The van der Waals surface area contributed by atoms with E-state index in [2.05, 4.69) is 37.7 Å². The van der Waals surface area contributed by atoms with Crippen LogP contribution in [0.1, 0.15) is 16.7 Å². The summed E-state index contributed by atoms with van der Waals surface area (Å²) < 4.78 is 5.36. The smallest absolute Gasteiger partial charge is 0.122 e. The van der Waals surface area contributed by atoms with Crippen molar-refractivity contribution in [2.45, 2.75) is 20.4 Å². The summed E-state index contributed by atoms with van der Waals surface area (Å²) >= 11 is 2.08. The zero-order chi connectivity index (χ0) is 12.3. The van der Waals surface area contributed by atoms with E-state index in [0.29, 0.717) is 0 Å². The molecule has 0 bridgehead atoms. The molecule has 0 radical (unpaired) electrons. The Bertz CT molecular complexity index is 386. The van der Waals surface area contributed by atoms with E-state index >= 15 is 0 Å². The van der Waals surface area contributed by atoms with Gasteiger partial charge in [-0.25, -0.2) is 0 Å². The Morgan fingerprint density at radius 2 is 1.88 bits per heavy atom. The van der Waals surface area contributed by atoms with E-state index < -0.39 is 0 Å². The molecule has 0 saturated carbocycles. The van der Waals surface area contributed by atoms with Gasteiger partial charge in [-0.3, -0.25) is 0 Å². The topological polar surface area (TPSA) is 13.7 Å². The van der Waals surface area contributed by atoms with E-state index in [1.807, 2.05) is 0 Å². The second-order valence-electron chi connectivity index (χ2n) is 4.79. The molecule has 1 fully saturated rings. The van der Waals surface area contributed by atoms with Gasteiger partial charge in [-0.05, 0) is 37.1 Å². The molecule has 1 heterocycles. The maximum absolute atomic E-state index is 5.36. The molecule has 94 valence electrons. The van der Waals surface area contributed by atoms with E-state index in [9.17, 15) is 0 Å². The summed E-state index contributed by atoms with van der Waals surface area (Å²) in [5.41, 5.74) is 4.09. The molecule has 0 amide bonds. The lowest BCUT2D eigenvalue weighted by Gasteiger charge is -2.24. The predicted molar refractivity (Wildman–Crippen MR) is 74.2 cm³/mol. The molecule has 17 heavy (non-hydrogen) atoms. The van der Waals surface area contributed by atoms with Gasteiger partial charge in [0.05, 0.1) is 20.2 Å². The standard InChI is InChI=1S/C14H21NOS/c1-11-9-14(16-3)12(2)8-13(11)10-15-4-6-17-7-5-15/h8-9H,4-7,10H2,1-3H3/p+1. The molecule has 1 saturated heterocycles. The lowest BCUT2D eigenvalue weighted by atomic mass is 10.0. The van der Waals surface area contributed by atoms with Crippen LogP contribution in [-0.4, -0.2) is 31.7 Å². The van der Waals surface area contributed by atoms with Crippen LogP contribution in [0.3, 0.4) is 0 Å². The highest BCUT2D eigenvalue weighted by Gasteiger charge is 2.16. The number of thioether (sulfide) groups is 1. The van der Waals surface area contributed by atoms with Crippen LogP contribution < -0.4 is 9.64 Å². The first-order valence-electron chi connectivity index (χ1n) is 6.26. The summed E-state index contributed by atoms with van der Waals surface area (Å²) in [6.07, 6.45) is 0. The number of rotatable bonds is 3. The number of methoxy groups -OCH3 is 1. The van der Waals surface area contributed by atoms with E-state index in [4.69, 9.17) is 4.74 Å². The highest BCUT2D eigenvalue weighted by Crippen LogP contribution is 2.22. The molecule has 1 aromatic rings. The van der Waals surface area contributed by atoms with Crippen LogP contribution in [0.15, 0.2) is 12.1 Å². The Morgan fingerprint density at radius 3 is 2.53 bits per heavy atom. The minimum absolute atomic E-state index is 1.01. The Hall–Kier alpha value is -0.670. The first kappa shape index (κ1) is 12.8. The maximum atomic E-state index is 5.36. The number of benzene rings is 1. The number of nitrogens with one attached hydrogen (secondary N) is 1. The molecule has 0 aromatic heterocycles. The fourth-order valence-corrected chi connectivity index (χ4v) is 3.44. The molecule has 1 N–H and O–H groups in total. The van der Waals surface area contributed by atoms with E-state index in [1.165, 1.54) is 41.3 Å². The third-order valence-corrected chi connectivity index (χ3v) is 4.48. The van der Waals surface area contributed by atoms with Crippen molar-refractivity contribution in [3.05, 3.63) is 28.8 Å². The summed E-state index contributed by atoms with van der Waals surface area (Å²) in [5, 5.41) is 0. The second-order valence-corrected chi connectivity index (χ2v) is 6.01. The molecule has 0 atom stereocenters. The molecule has 2 rings (SSSR count). The normalized spacial score (nSPS) is 17.1. The molecular weight excluding hydrogens is 230 g/mol. The van der Waals surface area contributed by atoms with Crippen LogP contribution in [0.4, 0.5) is 0 Å². The van der Waals surface area contributed by atoms with Crippen LogP contribution in [-0.2, 0) is 6.54 Å². The van der Waals surface area contributed by atoms with Gasteiger partial charge < -0.3 is 9.64 Å². The third-order valence-electron chi connectivity index (χ3n) is 3.49. The van der Waals surface area contributed by atoms with Gasteiger partial charge in [0.2, 0.25) is 0 Å². The average molecular weight is 252 g/mol. The SMILES string of the molecule is COc1cc(C)c(C[NH+]2CCSCC2)cc1C. The molecule has 0 spiro atoms. The van der Waals surface area contributed by atoms with Gasteiger partial charge in [0.15, 0.2) is 0 Å². The molecule has 0 unspecified atom stereocenters. The third kappa shape index (κ3) is 3.17. The lowest BCUT2D eigenvalue weighted by Crippen LogP contribution is -3.12. The molecule has 1 aromatic carbocycles. The van der Waals surface area contributed by atoms with Crippen molar-refractivity contribution in [2.75, 3.05) is 31.7 Å². The average Bonchev–Trinajstić information content (AvgIpc) is 2.34. The fraction of sp³-hybridized carbons (Fsp3) is 0.571. The zero-order valence-electron chi connectivity index (χ0n) is 11.0. The van der Waals surface area contributed by atoms with Crippen molar-refractivity contribution in [1.82, 2.24) is 0 Å². The van der Waals surface area contributed by atoms with Gasteiger partial charge in [0.25, 0.3) is 0 Å². The van der Waals surface area contributed by atoms with Gasteiger partial charge in [-0.15, -0.1) is 0 Å². The molecular formula is C14H22NOS+. The number of hydrogen-bond acceptors (Lipinski definition) is 2. The van der Waals surface area contributed by atoms with Crippen LogP contribution in [0, 0.1) is 13.8 Å². The Labute approximate surface area is 108 Å². The summed E-state index contributed by atoms with van der Waals surface area (Å²) in [4.78, 5) is 1.72. The van der Waals surface area contributed by atoms with Gasteiger partial charge in [-0.1, -0.05) is 0 Å². The first-order chi connectivity index (χ1) is 8.20. The van der Waals surface area contributed by atoms with Crippen molar-refractivity contribution in [1.29, 1.82) is 0 Å². The lowest BCUT2D eigenvalue weighted by molar-refractivity contribution is -0.910. The molecule has 1 aliphatic rings. The quantitative estimate of drug-likeness (QED) is 0.875. The van der Waals surface area contributed by atoms with Crippen molar-refractivity contribution < 1.29 is 9.64 Å². The van der Waals surface area contributed by atoms with Gasteiger partial charge in [0, 0.05) is 17.1 Å². The monoisotopic (exact) mass is 252 g/mol. The van der Waals surface area contributed by atoms with Gasteiger partial charge in [0.1, 0.15) is 12.3 Å². The van der Waals surface area contributed by atoms with E-state index in [1.54, 1.807) is 12.0 Å². The number of hydrogen-bond donors (Lipinski definition) is 1. The van der Waals surface area contributed by atoms with Crippen LogP contribution in [0.2, 0.25) is 0 Å². The number of quaternary nitrogens is 1. The highest BCUT2D eigenvalue weighted by atomic mass is 32.2. The van der Waals surface area contributed by atoms with Crippen molar-refractivity contribution >= 4 is 11.8 Å². The molecule has 0 aliphatic carbocycles. The minimum atomic E-state index is 1.01. The van der Waals surface area contributed by atoms with Gasteiger partial charge in [-0.2, -0.15) is 11.8 Å². The maximum Gasteiger partial charge on any atom is 0.122 e. The van der Waals surface area contributed by atoms with Crippen LogP contribution >= 0.6 is 11.8 Å². The Balaban J connectivity index is 2.12. The summed E-state index contributed by atoms with van der Waals surface area (Å²) in [6, 6.07) is 4.46. The summed E-state index contributed by atoms with van der Waals surface area (Å²) in [6.45, 7) is 8.08. The van der Waals surface area contributed by atoms with E-state index in [0.717, 1.165) is 12.3 Å². The Kier molecular flexibility index (Phi) is 4.35. The Morgan fingerprint density at radius 1 is 1.18 bits per heavy atom. The second kappa shape index (κ2) is 5.78. The fourth-order valence-electron chi connectivity index (χ4n) is 2.37. The summed E-state index contributed by atoms with van der Waals surface area (Å²) in [7, 11) is 1.74. The summed E-state index contributed by atoms with van der Waals surface area (Å²) in [5.74, 6) is 3.63. The van der Waals surface area contributed by atoms with Crippen molar-refractivity contribution in [3.8, 4) is 5.75 Å². The molecule has 2 nitrogen and oxygen atoms in total. The molecule has 1 aliphatic heterocycles. The first-order valence-corrected chi connectivity index (χ1v) is 7.41.